The predicted molar refractivity (Wildman–Crippen MR) is 70.1 cm³/mol. The van der Waals surface area contributed by atoms with Gasteiger partial charge in [-0.1, -0.05) is 13.8 Å². The van der Waals surface area contributed by atoms with Gasteiger partial charge >= 0.3 is 0 Å². The van der Waals surface area contributed by atoms with Crippen molar-refractivity contribution in [3.8, 4) is 6.07 Å². The van der Waals surface area contributed by atoms with Crippen molar-refractivity contribution in [2.24, 2.45) is 5.92 Å². The number of carbonyl (C=O) groups excluding carboxylic acids is 1. The van der Waals surface area contributed by atoms with Crippen LogP contribution >= 0.6 is 0 Å². The second-order valence-corrected chi connectivity index (χ2v) is 5.27. The Bertz CT molecular complexity index is 466. The summed E-state index contributed by atoms with van der Waals surface area (Å²) in [6, 6.07) is 9.39. The van der Waals surface area contributed by atoms with Crippen molar-refractivity contribution < 1.29 is 4.79 Å². The van der Waals surface area contributed by atoms with Crippen LogP contribution in [-0.2, 0) is 0 Å². The van der Waals surface area contributed by atoms with Crippen LogP contribution in [-0.4, -0.2) is 23.4 Å². The first-order valence-corrected chi connectivity index (χ1v) is 6.43. The van der Waals surface area contributed by atoms with Gasteiger partial charge in [0.15, 0.2) is 0 Å². The van der Waals surface area contributed by atoms with Gasteiger partial charge in [-0.05, 0) is 43.0 Å². The van der Waals surface area contributed by atoms with Crippen molar-refractivity contribution in [1.29, 1.82) is 5.26 Å². The molecule has 0 aliphatic heterocycles. The number of nitrogens with zero attached hydrogens (tertiary/aromatic N) is 2. The van der Waals surface area contributed by atoms with Crippen LogP contribution in [0.2, 0.25) is 0 Å². The van der Waals surface area contributed by atoms with Gasteiger partial charge in [0, 0.05) is 18.2 Å². The number of hydrogen-bond acceptors (Lipinski definition) is 2. The van der Waals surface area contributed by atoms with Gasteiger partial charge in [-0.15, -0.1) is 0 Å². The minimum Gasteiger partial charge on any atom is -0.335 e. The Morgan fingerprint density at radius 2 is 2.00 bits per heavy atom. The summed E-state index contributed by atoms with van der Waals surface area (Å²) in [5.41, 5.74) is 1.27. The van der Waals surface area contributed by atoms with Crippen LogP contribution < -0.4 is 0 Å². The van der Waals surface area contributed by atoms with Gasteiger partial charge in [-0.2, -0.15) is 5.26 Å². The molecular formula is C15H18N2O. The van der Waals surface area contributed by atoms with Gasteiger partial charge in [0.1, 0.15) is 0 Å². The smallest absolute Gasteiger partial charge is 0.254 e. The van der Waals surface area contributed by atoms with Crippen molar-refractivity contribution in [1.82, 2.24) is 4.90 Å². The van der Waals surface area contributed by atoms with E-state index in [-0.39, 0.29) is 5.91 Å². The molecule has 0 bridgehead atoms. The quantitative estimate of drug-likeness (QED) is 0.815. The molecule has 1 aromatic carbocycles. The van der Waals surface area contributed by atoms with E-state index in [4.69, 9.17) is 5.26 Å². The molecule has 0 N–H and O–H groups in total. The highest BCUT2D eigenvalue weighted by atomic mass is 16.2. The van der Waals surface area contributed by atoms with Crippen molar-refractivity contribution in [3.63, 3.8) is 0 Å². The van der Waals surface area contributed by atoms with Crippen LogP contribution in [0.15, 0.2) is 24.3 Å². The Morgan fingerprint density at radius 3 is 2.44 bits per heavy atom. The average Bonchev–Trinajstić information content (AvgIpc) is 3.19. The van der Waals surface area contributed by atoms with Gasteiger partial charge in [-0.3, -0.25) is 4.79 Å². The monoisotopic (exact) mass is 242 g/mol. The molecule has 0 heterocycles. The summed E-state index contributed by atoms with van der Waals surface area (Å²) in [6.45, 7) is 5.06. The highest BCUT2D eigenvalue weighted by molar-refractivity contribution is 5.94. The van der Waals surface area contributed by atoms with Gasteiger partial charge in [0.2, 0.25) is 0 Å². The van der Waals surface area contributed by atoms with E-state index in [1.165, 1.54) is 0 Å². The zero-order valence-corrected chi connectivity index (χ0v) is 10.9. The van der Waals surface area contributed by atoms with E-state index in [0.29, 0.717) is 23.1 Å². The largest absolute Gasteiger partial charge is 0.335 e. The minimum absolute atomic E-state index is 0.0932. The molecule has 0 atom stereocenters. The van der Waals surface area contributed by atoms with E-state index in [1.54, 1.807) is 24.3 Å². The van der Waals surface area contributed by atoms with E-state index in [0.717, 1.165) is 19.4 Å². The number of hydrogen-bond donors (Lipinski definition) is 0. The second kappa shape index (κ2) is 5.22. The van der Waals surface area contributed by atoms with Crippen LogP contribution in [0.25, 0.3) is 0 Å². The Labute approximate surface area is 108 Å². The first-order chi connectivity index (χ1) is 8.61. The molecule has 1 saturated carbocycles. The van der Waals surface area contributed by atoms with Crippen LogP contribution in [0.5, 0.6) is 0 Å². The highest BCUT2D eigenvalue weighted by Crippen LogP contribution is 2.29. The van der Waals surface area contributed by atoms with Gasteiger partial charge in [-0.25, -0.2) is 0 Å². The van der Waals surface area contributed by atoms with Crippen molar-refractivity contribution in [3.05, 3.63) is 35.4 Å². The third-order valence-electron chi connectivity index (χ3n) is 3.07. The Kier molecular flexibility index (Phi) is 3.66. The lowest BCUT2D eigenvalue weighted by Crippen LogP contribution is -2.36. The van der Waals surface area contributed by atoms with Crippen LogP contribution in [0.3, 0.4) is 0 Å². The molecule has 1 aliphatic rings. The highest BCUT2D eigenvalue weighted by Gasteiger charge is 2.33. The zero-order chi connectivity index (χ0) is 13.1. The summed E-state index contributed by atoms with van der Waals surface area (Å²) < 4.78 is 0. The Hall–Kier alpha value is -1.82. The lowest BCUT2D eigenvalue weighted by Gasteiger charge is -2.24. The van der Waals surface area contributed by atoms with Crippen molar-refractivity contribution in [2.45, 2.75) is 32.7 Å². The molecule has 1 fully saturated rings. The molecule has 0 spiro atoms. The van der Waals surface area contributed by atoms with E-state index in [9.17, 15) is 4.79 Å². The summed E-state index contributed by atoms with van der Waals surface area (Å²) in [5.74, 6) is 0.573. The number of carbonyl (C=O) groups is 1. The lowest BCUT2D eigenvalue weighted by atomic mass is 10.1. The van der Waals surface area contributed by atoms with Gasteiger partial charge in [0.25, 0.3) is 5.91 Å². The molecule has 18 heavy (non-hydrogen) atoms. The normalized spacial score (nSPS) is 14.3. The molecule has 0 radical (unpaired) electrons. The molecule has 1 amide bonds. The van der Waals surface area contributed by atoms with Crippen molar-refractivity contribution in [2.75, 3.05) is 6.54 Å². The Balaban J connectivity index is 2.14. The first-order valence-electron chi connectivity index (χ1n) is 6.43. The molecule has 0 aromatic heterocycles. The molecular weight excluding hydrogens is 224 g/mol. The van der Waals surface area contributed by atoms with Gasteiger partial charge in [0.05, 0.1) is 11.6 Å². The SMILES string of the molecule is CC(C)CN(C(=O)c1ccc(C#N)cc1)C1CC1. The van der Waals surface area contributed by atoms with E-state index < -0.39 is 0 Å². The van der Waals surface area contributed by atoms with Crippen molar-refractivity contribution >= 4 is 5.91 Å². The molecule has 3 nitrogen and oxygen atoms in total. The fourth-order valence-corrected chi connectivity index (χ4v) is 2.03. The maximum Gasteiger partial charge on any atom is 0.254 e. The molecule has 1 aromatic rings. The maximum absolute atomic E-state index is 12.4. The third kappa shape index (κ3) is 2.89. The molecule has 94 valence electrons. The van der Waals surface area contributed by atoms with Crippen LogP contribution in [0, 0.1) is 17.2 Å². The summed E-state index contributed by atoms with van der Waals surface area (Å²) in [7, 11) is 0. The van der Waals surface area contributed by atoms with E-state index in [1.807, 2.05) is 4.90 Å². The Morgan fingerprint density at radius 1 is 1.39 bits per heavy atom. The summed E-state index contributed by atoms with van der Waals surface area (Å²) in [5, 5.41) is 8.75. The number of amides is 1. The van der Waals surface area contributed by atoms with E-state index >= 15 is 0 Å². The topological polar surface area (TPSA) is 44.1 Å². The summed E-state index contributed by atoms with van der Waals surface area (Å²) in [6.07, 6.45) is 2.24. The lowest BCUT2D eigenvalue weighted by molar-refractivity contribution is 0.0722. The number of nitriles is 1. The third-order valence-corrected chi connectivity index (χ3v) is 3.07. The summed E-state index contributed by atoms with van der Waals surface area (Å²) in [4.78, 5) is 14.4. The number of rotatable bonds is 4. The predicted octanol–water partition coefficient (Wildman–Crippen LogP) is 2.82. The van der Waals surface area contributed by atoms with Gasteiger partial charge < -0.3 is 4.90 Å². The van der Waals surface area contributed by atoms with Crippen LogP contribution in [0.4, 0.5) is 0 Å². The molecule has 0 unspecified atom stereocenters. The molecule has 0 saturated heterocycles. The van der Waals surface area contributed by atoms with Crippen LogP contribution in [0.1, 0.15) is 42.6 Å². The maximum atomic E-state index is 12.4. The first kappa shape index (κ1) is 12.6. The zero-order valence-electron chi connectivity index (χ0n) is 10.9. The minimum atomic E-state index is 0.0932. The standard InChI is InChI=1S/C15H18N2O/c1-11(2)10-17(14-7-8-14)15(18)13-5-3-12(9-16)4-6-13/h3-6,11,14H,7-8,10H2,1-2H3. The number of benzene rings is 1. The average molecular weight is 242 g/mol. The fourth-order valence-electron chi connectivity index (χ4n) is 2.03. The second-order valence-electron chi connectivity index (χ2n) is 5.27. The molecule has 1 aliphatic carbocycles. The summed E-state index contributed by atoms with van der Waals surface area (Å²) >= 11 is 0. The molecule has 2 rings (SSSR count). The molecule has 3 heteroatoms. The fraction of sp³-hybridized carbons (Fsp3) is 0.467. The van der Waals surface area contributed by atoms with E-state index in [2.05, 4.69) is 19.9 Å².